The molecule has 5 heteroatoms. The second kappa shape index (κ2) is 4.90. The van der Waals surface area contributed by atoms with E-state index in [9.17, 15) is 10.4 Å². The average Bonchev–Trinajstić information content (AvgIpc) is 2.71. The van der Waals surface area contributed by atoms with Crippen molar-refractivity contribution in [2.24, 2.45) is 0 Å². The van der Waals surface area contributed by atoms with Crippen LogP contribution >= 0.6 is 11.6 Å². The molecule has 0 atom stereocenters. The standard InChI is InChI=1S/C15H11ClN2O2/c16-13-14(11-7-3-1-4-8-11)17(19)18(20)15(13)12-9-5-2-6-10-12/h1-10,19H. The number of hydrogen-bond acceptors (Lipinski definition) is 2. The first-order chi connectivity index (χ1) is 9.70. The topological polar surface area (TPSA) is 52.1 Å². The first-order valence-corrected chi connectivity index (χ1v) is 6.42. The summed E-state index contributed by atoms with van der Waals surface area (Å²) in [5.41, 5.74) is 1.83. The van der Waals surface area contributed by atoms with E-state index in [1.54, 1.807) is 24.3 Å². The minimum Gasteiger partial charge on any atom is -0.593 e. The minimum atomic E-state index is 0.222. The molecule has 2 aromatic carbocycles. The van der Waals surface area contributed by atoms with E-state index in [0.717, 1.165) is 0 Å². The third kappa shape index (κ3) is 1.90. The molecule has 1 heterocycles. The molecule has 100 valence electrons. The van der Waals surface area contributed by atoms with Crippen LogP contribution < -0.4 is 4.85 Å². The summed E-state index contributed by atoms with van der Waals surface area (Å²) in [6, 6.07) is 18.0. The number of aromatic nitrogens is 2. The van der Waals surface area contributed by atoms with Gasteiger partial charge in [0.15, 0.2) is 10.7 Å². The summed E-state index contributed by atoms with van der Waals surface area (Å²) in [5.74, 6) is 0. The van der Waals surface area contributed by atoms with Crippen LogP contribution in [0.4, 0.5) is 0 Å². The highest BCUT2D eigenvalue weighted by Crippen LogP contribution is 2.34. The monoisotopic (exact) mass is 286 g/mol. The fraction of sp³-hybridized carbons (Fsp3) is 0. The summed E-state index contributed by atoms with van der Waals surface area (Å²) >= 11 is 6.30. The van der Waals surface area contributed by atoms with Gasteiger partial charge in [0.05, 0.1) is 5.56 Å². The number of nitrogens with zero attached hydrogens (tertiary/aromatic N) is 2. The van der Waals surface area contributed by atoms with Crippen LogP contribution in [-0.2, 0) is 0 Å². The van der Waals surface area contributed by atoms with Gasteiger partial charge < -0.3 is 10.4 Å². The highest BCUT2D eigenvalue weighted by molar-refractivity contribution is 6.35. The van der Waals surface area contributed by atoms with E-state index in [-0.39, 0.29) is 16.4 Å². The summed E-state index contributed by atoms with van der Waals surface area (Å²) in [4.78, 5) is 0.917. The van der Waals surface area contributed by atoms with Crippen LogP contribution in [0.15, 0.2) is 60.7 Å². The SMILES string of the molecule is [O-][n+]1c(-c2ccccc2)c(Cl)c(-c2ccccc2)n1O. The van der Waals surface area contributed by atoms with Gasteiger partial charge in [-0.2, -0.15) is 0 Å². The first kappa shape index (κ1) is 12.6. The Morgan fingerprint density at radius 1 is 0.900 bits per heavy atom. The Labute approximate surface area is 120 Å². The van der Waals surface area contributed by atoms with Crippen molar-refractivity contribution in [1.82, 2.24) is 4.85 Å². The first-order valence-electron chi connectivity index (χ1n) is 6.04. The predicted octanol–water partition coefficient (Wildman–Crippen LogP) is 3.35. The number of hydrogen-bond donors (Lipinski definition) is 1. The van der Waals surface area contributed by atoms with Gasteiger partial charge in [0.25, 0.3) is 5.69 Å². The number of rotatable bonds is 2. The van der Waals surface area contributed by atoms with E-state index in [2.05, 4.69) is 0 Å². The largest absolute Gasteiger partial charge is 0.593 e. The summed E-state index contributed by atoms with van der Waals surface area (Å²) in [7, 11) is 0. The van der Waals surface area contributed by atoms with Gasteiger partial charge >= 0.3 is 0 Å². The highest BCUT2D eigenvalue weighted by atomic mass is 35.5. The molecule has 1 N–H and O–H groups in total. The second-order valence-corrected chi connectivity index (χ2v) is 4.68. The molecule has 0 unspecified atom stereocenters. The van der Waals surface area contributed by atoms with E-state index >= 15 is 0 Å². The van der Waals surface area contributed by atoms with Crippen molar-refractivity contribution in [2.45, 2.75) is 0 Å². The molecule has 0 saturated carbocycles. The van der Waals surface area contributed by atoms with Gasteiger partial charge in [-0.25, -0.2) is 0 Å². The van der Waals surface area contributed by atoms with Gasteiger partial charge in [0.1, 0.15) is 0 Å². The van der Waals surface area contributed by atoms with E-state index in [1.165, 1.54) is 0 Å². The molecule has 3 aromatic rings. The van der Waals surface area contributed by atoms with Crippen LogP contribution in [0.3, 0.4) is 0 Å². The molecule has 0 fully saturated rings. The maximum absolute atomic E-state index is 12.1. The quantitative estimate of drug-likeness (QED) is 0.446. The normalized spacial score (nSPS) is 10.7. The molecule has 0 bridgehead atoms. The van der Waals surface area contributed by atoms with Crippen molar-refractivity contribution in [1.29, 1.82) is 0 Å². The van der Waals surface area contributed by atoms with Crippen molar-refractivity contribution in [3.05, 3.63) is 70.9 Å². The summed E-state index contributed by atoms with van der Waals surface area (Å²) < 4.78 is 0. The Balaban J connectivity index is 2.25. The molecule has 0 amide bonds. The molecule has 0 aliphatic rings. The molecule has 1 aromatic heterocycles. The molecule has 3 rings (SSSR count). The minimum absolute atomic E-state index is 0.222. The fourth-order valence-corrected chi connectivity index (χ4v) is 2.51. The van der Waals surface area contributed by atoms with Crippen molar-refractivity contribution in [3.8, 4) is 22.5 Å². The van der Waals surface area contributed by atoms with Crippen molar-refractivity contribution in [2.75, 3.05) is 0 Å². The van der Waals surface area contributed by atoms with Crippen LogP contribution in [0.5, 0.6) is 0 Å². The lowest BCUT2D eigenvalue weighted by atomic mass is 10.1. The van der Waals surface area contributed by atoms with Crippen molar-refractivity contribution >= 4 is 11.6 Å². The maximum atomic E-state index is 12.1. The second-order valence-electron chi connectivity index (χ2n) is 4.31. The van der Waals surface area contributed by atoms with Crippen LogP contribution in [-0.4, -0.2) is 10.1 Å². The fourth-order valence-electron chi connectivity index (χ4n) is 2.14. The molecular weight excluding hydrogens is 276 g/mol. The molecular formula is C15H11ClN2O2. The van der Waals surface area contributed by atoms with Crippen LogP contribution in [0, 0.1) is 5.21 Å². The van der Waals surface area contributed by atoms with Gasteiger partial charge in [-0.15, -0.1) is 0 Å². The maximum Gasteiger partial charge on any atom is 0.274 e. The lowest BCUT2D eigenvalue weighted by molar-refractivity contribution is -0.714. The Morgan fingerprint density at radius 3 is 1.95 bits per heavy atom. The summed E-state index contributed by atoms with van der Waals surface area (Å²) in [6.45, 7) is 0. The lowest BCUT2D eigenvalue weighted by Crippen LogP contribution is -2.38. The number of benzene rings is 2. The molecule has 0 spiro atoms. The van der Waals surface area contributed by atoms with Gasteiger partial charge in [-0.1, -0.05) is 60.1 Å². The Bertz CT molecular complexity index is 677. The Hall–Kier alpha value is -2.46. The van der Waals surface area contributed by atoms with Crippen LogP contribution in [0.25, 0.3) is 22.5 Å². The molecule has 0 aliphatic heterocycles. The van der Waals surface area contributed by atoms with Crippen molar-refractivity contribution < 1.29 is 10.1 Å². The zero-order chi connectivity index (χ0) is 14.1. The van der Waals surface area contributed by atoms with E-state index in [0.29, 0.717) is 20.8 Å². The zero-order valence-electron chi connectivity index (χ0n) is 10.4. The smallest absolute Gasteiger partial charge is 0.274 e. The third-order valence-electron chi connectivity index (χ3n) is 3.07. The van der Waals surface area contributed by atoms with E-state index in [4.69, 9.17) is 11.6 Å². The number of halogens is 1. The molecule has 20 heavy (non-hydrogen) atoms. The summed E-state index contributed by atoms with van der Waals surface area (Å²) in [6.07, 6.45) is 0. The van der Waals surface area contributed by atoms with Gasteiger partial charge in [0.2, 0.25) is 0 Å². The molecule has 0 radical (unpaired) electrons. The average molecular weight is 287 g/mol. The Kier molecular flexibility index (Phi) is 3.08. The van der Waals surface area contributed by atoms with Crippen LogP contribution in [0.2, 0.25) is 5.02 Å². The molecule has 4 nitrogen and oxygen atoms in total. The van der Waals surface area contributed by atoms with Gasteiger partial charge in [-0.3, -0.25) is 0 Å². The zero-order valence-corrected chi connectivity index (χ0v) is 11.2. The highest BCUT2D eigenvalue weighted by Gasteiger charge is 2.28. The van der Waals surface area contributed by atoms with Gasteiger partial charge in [-0.05, 0) is 17.0 Å². The molecule has 0 aliphatic carbocycles. The van der Waals surface area contributed by atoms with E-state index in [1.807, 2.05) is 36.4 Å². The van der Waals surface area contributed by atoms with Crippen molar-refractivity contribution in [3.63, 3.8) is 0 Å². The summed E-state index contributed by atoms with van der Waals surface area (Å²) in [5, 5.41) is 22.3. The Morgan fingerprint density at radius 2 is 1.40 bits per heavy atom. The van der Waals surface area contributed by atoms with Gasteiger partial charge in [0, 0.05) is 10.4 Å². The van der Waals surface area contributed by atoms with Crippen LogP contribution in [0.1, 0.15) is 0 Å². The lowest BCUT2D eigenvalue weighted by Gasteiger charge is -2.00. The van der Waals surface area contributed by atoms with E-state index < -0.39 is 0 Å². The predicted molar refractivity (Wildman–Crippen MR) is 76.5 cm³/mol. The molecule has 0 saturated heterocycles. The third-order valence-corrected chi connectivity index (χ3v) is 3.43.